The second-order valence-corrected chi connectivity index (χ2v) is 5.20. The maximum absolute atomic E-state index is 11.8. The Morgan fingerprint density at radius 3 is 2.67 bits per heavy atom. The summed E-state index contributed by atoms with van der Waals surface area (Å²) in [5.41, 5.74) is 0.691. The molecular formula is C14H18N4O2S. The third-order valence-corrected chi connectivity index (χ3v) is 3.35. The van der Waals surface area contributed by atoms with Crippen LogP contribution in [-0.2, 0) is 0 Å². The standard InChI is InChI=1S/C14H18N4O2S/c1-3-4-9-20-12-7-5-11(6-8-12)16-13(19)17-14-15-10(2)18-21-14/h5-8H,3-4,9H2,1-2H3,(H2,15,16,17,18,19). The number of aromatic nitrogens is 2. The van der Waals surface area contributed by atoms with Gasteiger partial charge in [-0.15, -0.1) is 0 Å². The lowest BCUT2D eigenvalue weighted by molar-refractivity contribution is 0.262. The van der Waals surface area contributed by atoms with Crippen molar-refractivity contribution in [1.82, 2.24) is 9.36 Å². The Bertz CT molecular complexity index is 583. The molecule has 0 aliphatic heterocycles. The molecule has 2 aromatic rings. The van der Waals surface area contributed by atoms with Gasteiger partial charge in [0.25, 0.3) is 0 Å². The Morgan fingerprint density at radius 1 is 1.29 bits per heavy atom. The number of unbranched alkanes of at least 4 members (excludes halogenated alkanes) is 1. The molecule has 1 heterocycles. The van der Waals surface area contributed by atoms with Gasteiger partial charge in [-0.05, 0) is 37.6 Å². The number of carbonyl (C=O) groups is 1. The molecule has 0 atom stereocenters. The monoisotopic (exact) mass is 306 g/mol. The van der Waals surface area contributed by atoms with Gasteiger partial charge < -0.3 is 10.1 Å². The predicted molar refractivity (Wildman–Crippen MR) is 84.1 cm³/mol. The molecule has 0 aliphatic carbocycles. The number of aryl methyl sites for hydroxylation is 1. The average Bonchev–Trinajstić information content (AvgIpc) is 2.86. The molecule has 0 unspecified atom stereocenters. The van der Waals surface area contributed by atoms with E-state index in [2.05, 4.69) is 26.9 Å². The molecule has 2 amide bonds. The van der Waals surface area contributed by atoms with Gasteiger partial charge in [0, 0.05) is 17.2 Å². The summed E-state index contributed by atoms with van der Waals surface area (Å²) in [5, 5.41) is 5.84. The van der Waals surface area contributed by atoms with Crippen molar-refractivity contribution in [1.29, 1.82) is 0 Å². The topological polar surface area (TPSA) is 76.1 Å². The fraction of sp³-hybridized carbons (Fsp3) is 0.357. The summed E-state index contributed by atoms with van der Waals surface area (Å²) in [4.78, 5) is 15.8. The summed E-state index contributed by atoms with van der Waals surface area (Å²) >= 11 is 1.15. The number of urea groups is 1. The van der Waals surface area contributed by atoms with E-state index < -0.39 is 0 Å². The highest BCUT2D eigenvalue weighted by Gasteiger charge is 2.06. The molecule has 1 aromatic heterocycles. The van der Waals surface area contributed by atoms with Crippen LogP contribution >= 0.6 is 11.5 Å². The van der Waals surface area contributed by atoms with E-state index in [1.807, 2.05) is 12.1 Å². The molecule has 0 saturated carbocycles. The van der Waals surface area contributed by atoms with Crippen LogP contribution < -0.4 is 15.4 Å². The largest absolute Gasteiger partial charge is 0.494 e. The first kappa shape index (κ1) is 15.2. The highest BCUT2D eigenvalue weighted by Crippen LogP contribution is 2.17. The van der Waals surface area contributed by atoms with Gasteiger partial charge in [0.15, 0.2) is 0 Å². The normalized spacial score (nSPS) is 10.2. The van der Waals surface area contributed by atoms with Gasteiger partial charge in [-0.1, -0.05) is 13.3 Å². The summed E-state index contributed by atoms with van der Waals surface area (Å²) in [6.07, 6.45) is 2.13. The van der Waals surface area contributed by atoms with Crippen molar-refractivity contribution in [2.45, 2.75) is 26.7 Å². The van der Waals surface area contributed by atoms with Gasteiger partial charge in [0.1, 0.15) is 11.6 Å². The fourth-order valence-corrected chi connectivity index (χ4v) is 2.15. The zero-order valence-electron chi connectivity index (χ0n) is 12.0. The van der Waals surface area contributed by atoms with E-state index >= 15 is 0 Å². The number of rotatable bonds is 6. The summed E-state index contributed by atoms with van der Waals surface area (Å²) in [5.74, 6) is 1.44. The third kappa shape index (κ3) is 5.03. The number of hydrogen-bond donors (Lipinski definition) is 2. The first-order valence-corrected chi connectivity index (χ1v) is 7.56. The molecule has 0 spiro atoms. The van der Waals surface area contributed by atoms with Crippen LogP contribution in [0.2, 0.25) is 0 Å². The van der Waals surface area contributed by atoms with Crippen LogP contribution in [0, 0.1) is 6.92 Å². The van der Waals surface area contributed by atoms with Gasteiger partial charge in [-0.3, -0.25) is 5.32 Å². The maximum atomic E-state index is 11.8. The van der Waals surface area contributed by atoms with E-state index in [1.165, 1.54) is 0 Å². The molecule has 0 saturated heterocycles. The molecular weight excluding hydrogens is 288 g/mol. The fourth-order valence-electron chi connectivity index (χ4n) is 1.58. The molecule has 6 nitrogen and oxygen atoms in total. The molecule has 2 rings (SSSR count). The maximum Gasteiger partial charge on any atom is 0.325 e. The Labute approximate surface area is 127 Å². The second kappa shape index (κ2) is 7.58. The summed E-state index contributed by atoms with van der Waals surface area (Å²) in [7, 11) is 0. The van der Waals surface area contributed by atoms with Crippen LogP contribution in [0.25, 0.3) is 0 Å². The number of nitrogens with zero attached hydrogens (tertiary/aromatic N) is 2. The Balaban J connectivity index is 1.83. The van der Waals surface area contributed by atoms with Crippen molar-refractivity contribution < 1.29 is 9.53 Å². The number of amides is 2. The van der Waals surface area contributed by atoms with Gasteiger partial charge >= 0.3 is 6.03 Å². The van der Waals surface area contributed by atoms with E-state index in [9.17, 15) is 4.79 Å². The van der Waals surface area contributed by atoms with Crippen LogP contribution in [0.15, 0.2) is 24.3 Å². The minimum Gasteiger partial charge on any atom is -0.494 e. The summed E-state index contributed by atoms with van der Waals surface area (Å²) < 4.78 is 9.56. The highest BCUT2D eigenvalue weighted by atomic mass is 32.1. The smallest absolute Gasteiger partial charge is 0.325 e. The molecule has 0 bridgehead atoms. The quantitative estimate of drug-likeness (QED) is 0.798. The van der Waals surface area contributed by atoms with Crippen molar-refractivity contribution >= 4 is 28.4 Å². The van der Waals surface area contributed by atoms with Crippen molar-refractivity contribution in [2.24, 2.45) is 0 Å². The van der Waals surface area contributed by atoms with E-state index in [1.54, 1.807) is 19.1 Å². The van der Waals surface area contributed by atoms with E-state index in [0.717, 1.165) is 30.1 Å². The lowest BCUT2D eigenvalue weighted by Gasteiger charge is -2.08. The number of carbonyl (C=O) groups excluding carboxylic acids is 1. The molecule has 0 aliphatic rings. The zero-order chi connectivity index (χ0) is 15.1. The number of anilines is 2. The molecule has 0 fully saturated rings. The predicted octanol–water partition coefficient (Wildman–Crippen LogP) is 3.67. The third-order valence-electron chi connectivity index (χ3n) is 2.63. The first-order valence-electron chi connectivity index (χ1n) is 6.78. The number of ether oxygens (including phenoxy) is 1. The Morgan fingerprint density at radius 2 is 2.05 bits per heavy atom. The van der Waals surface area contributed by atoms with Gasteiger partial charge in [-0.2, -0.15) is 4.37 Å². The van der Waals surface area contributed by atoms with Gasteiger partial charge in [-0.25, -0.2) is 9.78 Å². The summed E-state index contributed by atoms with van der Waals surface area (Å²) in [6, 6.07) is 6.92. The van der Waals surface area contributed by atoms with Crippen molar-refractivity contribution in [3.63, 3.8) is 0 Å². The molecule has 7 heteroatoms. The Hall–Kier alpha value is -2.15. The average molecular weight is 306 g/mol. The van der Waals surface area contributed by atoms with E-state index in [-0.39, 0.29) is 6.03 Å². The lowest BCUT2D eigenvalue weighted by atomic mass is 10.3. The van der Waals surface area contributed by atoms with Crippen LogP contribution in [0.3, 0.4) is 0 Å². The van der Waals surface area contributed by atoms with Crippen molar-refractivity contribution in [3.8, 4) is 5.75 Å². The summed E-state index contributed by atoms with van der Waals surface area (Å²) in [6.45, 7) is 4.60. The van der Waals surface area contributed by atoms with Crippen molar-refractivity contribution in [2.75, 3.05) is 17.2 Å². The molecule has 112 valence electrons. The zero-order valence-corrected chi connectivity index (χ0v) is 12.9. The Kier molecular flexibility index (Phi) is 5.51. The van der Waals surface area contributed by atoms with E-state index in [4.69, 9.17) is 4.74 Å². The molecule has 1 aromatic carbocycles. The lowest BCUT2D eigenvalue weighted by Crippen LogP contribution is -2.19. The van der Waals surface area contributed by atoms with Crippen LogP contribution in [-0.4, -0.2) is 22.0 Å². The van der Waals surface area contributed by atoms with Crippen LogP contribution in [0.1, 0.15) is 25.6 Å². The van der Waals surface area contributed by atoms with Gasteiger partial charge in [0.2, 0.25) is 5.13 Å². The van der Waals surface area contributed by atoms with Crippen LogP contribution in [0.5, 0.6) is 5.75 Å². The molecule has 21 heavy (non-hydrogen) atoms. The van der Waals surface area contributed by atoms with Gasteiger partial charge in [0.05, 0.1) is 6.61 Å². The molecule has 0 radical (unpaired) electrons. The minimum absolute atomic E-state index is 0.342. The van der Waals surface area contributed by atoms with Crippen molar-refractivity contribution in [3.05, 3.63) is 30.1 Å². The molecule has 2 N–H and O–H groups in total. The first-order chi connectivity index (χ1) is 10.2. The SMILES string of the molecule is CCCCOc1ccc(NC(=O)Nc2nc(C)ns2)cc1. The number of hydrogen-bond acceptors (Lipinski definition) is 5. The highest BCUT2D eigenvalue weighted by molar-refractivity contribution is 7.09. The van der Waals surface area contributed by atoms with Crippen LogP contribution in [0.4, 0.5) is 15.6 Å². The minimum atomic E-state index is -0.342. The number of benzene rings is 1. The second-order valence-electron chi connectivity index (χ2n) is 4.45. The van der Waals surface area contributed by atoms with E-state index in [0.29, 0.717) is 23.3 Å². The number of nitrogens with one attached hydrogen (secondary N) is 2.